The Morgan fingerprint density at radius 3 is 2.11 bits per heavy atom. The van der Waals surface area contributed by atoms with Gasteiger partial charge in [0.25, 0.3) is 17.7 Å². The first-order valence-corrected chi connectivity index (χ1v) is 11.4. The molecule has 0 saturated carbocycles. The highest BCUT2D eigenvalue weighted by atomic mass is 16.5. The van der Waals surface area contributed by atoms with Gasteiger partial charge in [0.05, 0.1) is 13.2 Å². The minimum atomic E-state index is -1.51. The third kappa shape index (κ3) is 7.13. The van der Waals surface area contributed by atoms with Gasteiger partial charge in [-0.3, -0.25) is 24.5 Å². The SMILES string of the molecule is CNC(=O)C(C(=O)NO)N(C)C(=O)c1ccc(C#Cc2ccc(CCN3CCOCC3)cc2)cc1. The average molecular weight is 479 g/mol. The standard InChI is InChI=1S/C26H30N4O5/c1-27-24(31)23(25(32)28-34)29(2)26(33)22-11-9-20(10-12-22)4-3-19-5-7-21(8-6-19)13-14-30-15-17-35-18-16-30/h5-12,23,34H,13-18H2,1-2H3,(H,27,31)(H,28,32). The smallest absolute Gasteiger partial charge is 0.275 e. The molecule has 3 amide bonds. The summed E-state index contributed by atoms with van der Waals surface area (Å²) in [7, 11) is 2.65. The van der Waals surface area contributed by atoms with Crippen molar-refractivity contribution in [2.45, 2.75) is 12.5 Å². The number of nitrogens with one attached hydrogen (secondary N) is 2. The Hall–Kier alpha value is -3.71. The molecule has 0 bridgehead atoms. The van der Waals surface area contributed by atoms with Crippen LogP contribution < -0.4 is 10.8 Å². The van der Waals surface area contributed by atoms with Gasteiger partial charge in [-0.25, -0.2) is 5.48 Å². The van der Waals surface area contributed by atoms with E-state index in [-0.39, 0.29) is 5.56 Å². The largest absolute Gasteiger partial charge is 0.379 e. The fraction of sp³-hybridized carbons (Fsp3) is 0.346. The third-order valence-corrected chi connectivity index (χ3v) is 5.82. The van der Waals surface area contributed by atoms with E-state index in [9.17, 15) is 14.4 Å². The first-order chi connectivity index (χ1) is 16.9. The molecule has 35 heavy (non-hydrogen) atoms. The summed E-state index contributed by atoms with van der Waals surface area (Å²) in [4.78, 5) is 40.0. The number of ether oxygens (including phenoxy) is 1. The first kappa shape index (κ1) is 25.9. The van der Waals surface area contributed by atoms with E-state index in [2.05, 4.69) is 34.2 Å². The first-order valence-electron chi connectivity index (χ1n) is 11.4. The number of morpholine rings is 1. The second-order valence-electron chi connectivity index (χ2n) is 8.14. The Labute approximate surface area is 205 Å². The molecule has 9 heteroatoms. The molecule has 0 aliphatic carbocycles. The summed E-state index contributed by atoms with van der Waals surface area (Å²) in [5.41, 5.74) is 4.57. The Kier molecular flexibility index (Phi) is 9.38. The van der Waals surface area contributed by atoms with Crippen LogP contribution in [0.15, 0.2) is 48.5 Å². The lowest BCUT2D eigenvalue weighted by Crippen LogP contribution is -2.54. The minimum absolute atomic E-state index is 0.280. The number of likely N-dealkylation sites (N-methyl/N-ethyl adjacent to an activating group) is 2. The van der Waals surface area contributed by atoms with Gasteiger partial charge in [0.15, 0.2) is 6.04 Å². The van der Waals surface area contributed by atoms with Crippen molar-refractivity contribution in [1.82, 2.24) is 20.6 Å². The van der Waals surface area contributed by atoms with Crippen LogP contribution >= 0.6 is 0 Å². The van der Waals surface area contributed by atoms with Crippen molar-refractivity contribution in [3.8, 4) is 11.8 Å². The fourth-order valence-electron chi connectivity index (χ4n) is 3.70. The van der Waals surface area contributed by atoms with Crippen molar-refractivity contribution in [1.29, 1.82) is 0 Å². The van der Waals surface area contributed by atoms with Gasteiger partial charge < -0.3 is 15.0 Å². The number of benzene rings is 2. The van der Waals surface area contributed by atoms with Crippen molar-refractivity contribution >= 4 is 17.7 Å². The molecule has 2 aromatic rings. The maximum atomic E-state index is 12.7. The second-order valence-corrected chi connectivity index (χ2v) is 8.14. The molecule has 3 rings (SSSR count). The molecule has 0 spiro atoms. The van der Waals surface area contributed by atoms with Gasteiger partial charge in [-0.2, -0.15) is 0 Å². The lowest BCUT2D eigenvalue weighted by atomic mass is 10.1. The number of hydrogen-bond donors (Lipinski definition) is 3. The molecule has 1 aliphatic rings. The number of hydrogen-bond acceptors (Lipinski definition) is 6. The van der Waals surface area contributed by atoms with Gasteiger partial charge in [-0.05, 0) is 48.4 Å². The number of nitrogens with zero attached hydrogens (tertiary/aromatic N) is 2. The Morgan fingerprint density at radius 1 is 1.00 bits per heavy atom. The summed E-state index contributed by atoms with van der Waals surface area (Å²) < 4.78 is 5.38. The van der Waals surface area contributed by atoms with E-state index in [1.54, 1.807) is 24.3 Å². The third-order valence-electron chi connectivity index (χ3n) is 5.82. The summed E-state index contributed by atoms with van der Waals surface area (Å²) in [5.74, 6) is 3.93. The molecule has 1 aliphatic heterocycles. The molecule has 1 saturated heterocycles. The summed E-state index contributed by atoms with van der Waals surface area (Å²) in [6.45, 7) is 4.59. The van der Waals surface area contributed by atoms with Gasteiger partial charge >= 0.3 is 0 Å². The molecular formula is C26H30N4O5. The summed E-state index contributed by atoms with van der Waals surface area (Å²) in [5, 5.41) is 11.2. The van der Waals surface area contributed by atoms with E-state index in [1.165, 1.54) is 25.1 Å². The second kappa shape index (κ2) is 12.7. The Morgan fingerprint density at radius 2 is 1.57 bits per heavy atom. The topological polar surface area (TPSA) is 111 Å². The highest BCUT2D eigenvalue weighted by molar-refractivity contribution is 6.08. The highest BCUT2D eigenvalue weighted by Gasteiger charge is 2.33. The monoisotopic (exact) mass is 478 g/mol. The van der Waals surface area contributed by atoms with Crippen LogP contribution in [-0.2, 0) is 20.7 Å². The molecule has 0 aromatic heterocycles. The number of amides is 3. The zero-order valence-corrected chi connectivity index (χ0v) is 19.9. The molecule has 1 fully saturated rings. The van der Waals surface area contributed by atoms with Crippen LogP contribution in [0.25, 0.3) is 0 Å². The fourth-order valence-corrected chi connectivity index (χ4v) is 3.70. The maximum absolute atomic E-state index is 12.7. The predicted octanol–water partition coefficient (Wildman–Crippen LogP) is 0.653. The van der Waals surface area contributed by atoms with Gasteiger partial charge in [-0.1, -0.05) is 24.0 Å². The molecule has 184 valence electrons. The normalized spacial score (nSPS) is 14.3. The summed E-state index contributed by atoms with van der Waals surface area (Å²) in [6.07, 6.45) is 0.985. The maximum Gasteiger partial charge on any atom is 0.275 e. The molecule has 9 nitrogen and oxygen atoms in total. The zero-order chi connectivity index (χ0) is 25.2. The molecule has 0 radical (unpaired) electrons. The van der Waals surface area contributed by atoms with Crippen molar-refractivity contribution in [3.63, 3.8) is 0 Å². The van der Waals surface area contributed by atoms with Crippen molar-refractivity contribution in [3.05, 3.63) is 70.8 Å². The van der Waals surface area contributed by atoms with E-state index in [1.807, 2.05) is 12.1 Å². The Balaban J connectivity index is 1.60. The molecule has 2 aromatic carbocycles. The van der Waals surface area contributed by atoms with Crippen molar-refractivity contribution in [2.75, 3.05) is 46.9 Å². The number of carbonyl (C=O) groups is 3. The van der Waals surface area contributed by atoms with E-state index in [4.69, 9.17) is 9.94 Å². The van der Waals surface area contributed by atoms with Crippen LogP contribution in [0.4, 0.5) is 0 Å². The van der Waals surface area contributed by atoms with Crippen LogP contribution in [0.5, 0.6) is 0 Å². The molecule has 1 atom stereocenters. The van der Waals surface area contributed by atoms with Gasteiger partial charge in [0, 0.05) is 50.4 Å². The number of hydroxylamine groups is 1. The van der Waals surface area contributed by atoms with E-state index in [0.29, 0.717) is 0 Å². The van der Waals surface area contributed by atoms with Crippen LogP contribution in [0, 0.1) is 11.8 Å². The Bertz CT molecular complexity index is 1070. The number of rotatable bonds is 7. The molecule has 3 N–H and O–H groups in total. The van der Waals surface area contributed by atoms with Crippen LogP contribution in [0.3, 0.4) is 0 Å². The van der Waals surface area contributed by atoms with Crippen molar-refractivity contribution < 1.29 is 24.3 Å². The van der Waals surface area contributed by atoms with E-state index < -0.39 is 23.8 Å². The summed E-state index contributed by atoms with van der Waals surface area (Å²) >= 11 is 0. The molecule has 1 heterocycles. The lowest BCUT2D eigenvalue weighted by Gasteiger charge is -2.26. The molecule has 1 unspecified atom stereocenters. The van der Waals surface area contributed by atoms with E-state index >= 15 is 0 Å². The average Bonchev–Trinajstić information content (AvgIpc) is 2.91. The highest BCUT2D eigenvalue weighted by Crippen LogP contribution is 2.11. The number of carbonyl (C=O) groups excluding carboxylic acids is 3. The van der Waals surface area contributed by atoms with Gasteiger partial charge in [0.1, 0.15) is 0 Å². The zero-order valence-electron chi connectivity index (χ0n) is 19.9. The van der Waals surface area contributed by atoms with Gasteiger partial charge in [0.2, 0.25) is 0 Å². The molecular weight excluding hydrogens is 448 g/mol. The van der Waals surface area contributed by atoms with Crippen LogP contribution in [0.1, 0.15) is 27.0 Å². The quantitative estimate of drug-likeness (QED) is 0.233. The van der Waals surface area contributed by atoms with Crippen LogP contribution in [0.2, 0.25) is 0 Å². The van der Waals surface area contributed by atoms with Crippen LogP contribution in [-0.4, -0.2) is 85.7 Å². The lowest BCUT2D eigenvalue weighted by molar-refractivity contribution is -0.140. The summed E-state index contributed by atoms with van der Waals surface area (Å²) in [6, 6.07) is 13.2. The van der Waals surface area contributed by atoms with E-state index in [0.717, 1.165) is 55.3 Å². The van der Waals surface area contributed by atoms with Crippen molar-refractivity contribution in [2.24, 2.45) is 0 Å². The minimum Gasteiger partial charge on any atom is -0.379 e. The van der Waals surface area contributed by atoms with Gasteiger partial charge in [-0.15, -0.1) is 0 Å². The predicted molar refractivity (Wildman–Crippen MR) is 130 cm³/mol.